The lowest BCUT2D eigenvalue weighted by Gasteiger charge is -2.35. The van der Waals surface area contributed by atoms with Crippen molar-refractivity contribution in [3.8, 4) is 0 Å². The molecule has 2 unspecified atom stereocenters. The molecule has 2 heterocycles. The highest BCUT2D eigenvalue weighted by molar-refractivity contribution is 5.94. The van der Waals surface area contributed by atoms with Crippen LogP contribution in [0.4, 0.5) is 5.82 Å². The molecule has 2 atom stereocenters. The van der Waals surface area contributed by atoms with Crippen molar-refractivity contribution in [1.29, 1.82) is 0 Å². The summed E-state index contributed by atoms with van der Waals surface area (Å²) in [5, 5.41) is 2.96. The van der Waals surface area contributed by atoms with E-state index in [4.69, 9.17) is 0 Å². The monoisotopic (exact) mass is 247 g/mol. The van der Waals surface area contributed by atoms with Gasteiger partial charge in [-0.05, 0) is 30.4 Å². The number of nitrogens with zero attached hydrogens (tertiary/aromatic N) is 2. The summed E-state index contributed by atoms with van der Waals surface area (Å²) in [6.07, 6.45) is 2.77. The number of anilines is 1. The van der Waals surface area contributed by atoms with Gasteiger partial charge in [-0.2, -0.15) is 0 Å². The van der Waals surface area contributed by atoms with Gasteiger partial charge in [-0.25, -0.2) is 4.98 Å². The Balaban J connectivity index is 2.11. The largest absolute Gasteiger partial charge is 0.373 e. The lowest BCUT2D eigenvalue weighted by atomic mass is 9.88. The van der Waals surface area contributed by atoms with E-state index in [1.54, 1.807) is 19.3 Å². The average Bonchev–Trinajstić information content (AvgIpc) is 2.41. The van der Waals surface area contributed by atoms with Crippen molar-refractivity contribution in [1.82, 2.24) is 9.88 Å². The Hall–Kier alpha value is -1.58. The molecule has 1 fully saturated rings. The number of aromatic nitrogens is 1. The minimum absolute atomic E-state index is 0.118. The molecule has 0 aromatic carbocycles. The lowest BCUT2D eigenvalue weighted by Crippen LogP contribution is -2.42. The fourth-order valence-corrected chi connectivity index (χ4v) is 2.33. The fraction of sp³-hybridized carbons (Fsp3) is 0.571. The van der Waals surface area contributed by atoms with Gasteiger partial charge in [-0.3, -0.25) is 4.79 Å². The fourth-order valence-electron chi connectivity index (χ4n) is 2.33. The van der Waals surface area contributed by atoms with E-state index in [1.807, 2.05) is 11.0 Å². The van der Waals surface area contributed by atoms with Crippen molar-refractivity contribution >= 4 is 11.7 Å². The molecular formula is C14H21N3O. The number of hydrogen-bond donors (Lipinski definition) is 1. The van der Waals surface area contributed by atoms with Crippen LogP contribution in [0.1, 0.15) is 30.6 Å². The highest BCUT2D eigenvalue weighted by Crippen LogP contribution is 2.23. The average molecular weight is 247 g/mol. The quantitative estimate of drug-likeness (QED) is 0.871. The molecule has 4 heteroatoms. The Labute approximate surface area is 108 Å². The maximum Gasteiger partial charge on any atom is 0.254 e. The summed E-state index contributed by atoms with van der Waals surface area (Å²) in [7, 11) is 1.81. The molecule has 1 aromatic heterocycles. The number of carbonyl (C=O) groups is 1. The van der Waals surface area contributed by atoms with Gasteiger partial charge in [0, 0.05) is 31.9 Å². The van der Waals surface area contributed by atoms with Gasteiger partial charge in [0.25, 0.3) is 5.91 Å². The van der Waals surface area contributed by atoms with E-state index < -0.39 is 0 Å². The van der Waals surface area contributed by atoms with Crippen LogP contribution in [-0.4, -0.2) is 35.9 Å². The molecule has 1 amide bonds. The Bertz CT molecular complexity index is 433. The summed E-state index contributed by atoms with van der Waals surface area (Å²) >= 11 is 0. The molecule has 4 nitrogen and oxygen atoms in total. The normalized spacial score (nSPS) is 23.8. The van der Waals surface area contributed by atoms with Crippen LogP contribution >= 0.6 is 0 Å². The third-order valence-corrected chi connectivity index (χ3v) is 3.88. The number of piperidine rings is 1. The first kappa shape index (κ1) is 12.9. The zero-order chi connectivity index (χ0) is 13.1. The Morgan fingerprint density at radius 1 is 1.44 bits per heavy atom. The van der Waals surface area contributed by atoms with Crippen LogP contribution in [0.2, 0.25) is 0 Å². The topological polar surface area (TPSA) is 45.2 Å². The second-order valence-corrected chi connectivity index (χ2v) is 5.17. The first-order valence-electron chi connectivity index (χ1n) is 6.55. The first-order chi connectivity index (χ1) is 8.61. The summed E-state index contributed by atoms with van der Waals surface area (Å²) in [6, 6.07) is 3.59. The van der Waals surface area contributed by atoms with Gasteiger partial charge < -0.3 is 10.2 Å². The molecule has 0 saturated carbocycles. The number of amides is 1. The number of hydrogen-bond acceptors (Lipinski definition) is 3. The van der Waals surface area contributed by atoms with Gasteiger partial charge in [0.05, 0.1) is 0 Å². The summed E-state index contributed by atoms with van der Waals surface area (Å²) in [4.78, 5) is 18.5. The minimum atomic E-state index is 0.118. The van der Waals surface area contributed by atoms with Gasteiger partial charge in [0.15, 0.2) is 0 Å². The molecule has 1 saturated heterocycles. The van der Waals surface area contributed by atoms with Crippen molar-refractivity contribution in [2.45, 2.75) is 20.3 Å². The number of rotatable bonds is 2. The van der Waals surface area contributed by atoms with Crippen LogP contribution in [0, 0.1) is 11.8 Å². The zero-order valence-electron chi connectivity index (χ0n) is 11.3. The van der Waals surface area contributed by atoms with Crippen LogP contribution < -0.4 is 5.32 Å². The Morgan fingerprint density at radius 2 is 2.22 bits per heavy atom. The highest BCUT2D eigenvalue weighted by atomic mass is 16.2. The predicted molar refractivity (Wildman–Crippen MR) is 72.6 cm³/mol. The third kappa shape index (κ3) is 2.63. The molecule has 0 spiro atoms. The molecule has 1 N–H and O–H groups in total. The second kappa shape index (κ2) is 5.38. The van der Waals surface area contributed by atoms with Crippen LogP contribution in [0.15, 0.2) is 18.3 Å². The number of likely N-dealkylation sites (tertiary alicyclic amines) is 1. The molecule has 98 valence electrons. The van der Waals surface area contributed by atoms with Crippen molar-refractivity contribution in [2.75, 3.05) is 25.5 Å². The van der Waals surface area contributed by atoms with E-state index in [0.717, 1.165) is 30.9 Å². The van der Waals surface area contributed by atoms with E-state index >= 15 is 0 Å². The van der Waals surface area contributed by atoms with Crippen molar-refractivity contribution in [3.63, 3.8) is 0 Å². The SMILES string of the molecule is CNc1cc(C(=O)N2CCC(C)C(C)C2)ccn1. The predicted octanol–water partition coefficient (Wildman–Crippen LogP) is 2.24. The van der Waals surface area contributed by atoms with Crippen LogP contribution in [0.3, 0.4) is 0 Å². The van der Waals surface area contributed by atoms with Crippen LogP contribution in [0.5, 0.6) is 0 Å². The smallest absolute Gasteiger partial charge is 0.254 e. The molecule has 18 heavy (non-hydrogen) atoms. The molecule has 1 aliphatic rings. The molecular weight excluding hydrogens is 226 g/mol. The van der Waals surface area contributed by atoms with E-state index in [2.05, 4.69) is 24.1 Å². The number of pyridine rings is 1. The maximum atomic E-state index is 12.4. The van der Waals surface area contributed by atoms with Crippen molar-refractivity contribution in [2.24, 2.45) is 11.8 Å². The van der Waals surface area contributed by atoms with Gasteiger partial charge in [0.1, 0.15) is 5.82 Å². The van der Waals surface area contributed by atoms with E-state index in [1.165, 1.54) is 0 Å². The third-order valence-electron chi connectivity index (χ3n) is 3.88. The zero-order valence-corrected chi connectivity index (χ0v) is 11.3. The molecule has 1 aliphatic heterocycles. The van der Waals surface area contributed by atoms with Crippen LogP contribution in [-0.2, 0) is 0 Å². The second-order valence-electron chi connectivity index (χ2n) is 5.17. The van der Waals surface area contributed by atoms with Crippen molar-refractivity contribution in [3.05, 3.63) is 23.9 Å². The summed E-state index contributed by atoms with van der Waals surface area (Å²) in [5.41, 5.74) is 0.719. The Morgan fingerprint density at radius 3 is 2.89 bits per heavy atom. The van der Waals surface area contributed by atoms with Gasteiger partial charge in [-0.15, -0.1) is 0 Å². The molecule has 0 bridgehead atoms. The lowest BCUT2D eigenvalue weighted by molar-refractivity contribution is 0.0627. The van der Waals surface area contributed by atoms with E-state index in [0.29, 0.717) is 11.8 Å². The minimum Gasteiger partial charge on any atom is -0.373 e. The number of nitrogens with one attached hydrogen (secondary N) is 1. The summed E-state index contributed by atoms with van der Waals surface area (Å²) in [5.74, 6) is 2.14. The van der Waals surface area contributed by atoms with E-state index in [9.17, 15) is 4.79 Å². The Kier molecular flexibility index (Phi) is 3.84. The van der Waals surface area contributed by atoms with Gasteiger partial charge in [0.2, 0.25) is 0 Å². The van der Waals surface area contributed by atoms with Gasteiger partial charge >= 0.3 is 0 Å². The van der Waals surface area contributed by atoms with Gasteiger partial charge in [-0.1, -0.05) is 13.8 Å². The molecule has 0 aliphatic carbocycles. The molecule has 1 aromatic rings. The first-order valence-corrected chi connectivity index (χ1v) is 6.55. The maximum absolute atomic E-state index is 12.4. The highest BCUT2D eigenvalue weighted by Gasteiger charge is 2.26. The van der Waals surface area contributed by atoms with E-state index in [-0.39, 0.29) is 5.91 Å². The number of carbonyl (C=O) groups excluding carboxylic acids is 1. The van der Waals surface area contributed by atoms with Crippen molar-refractivity contribution < 1.29 is 4.79 Å². The van der Waals surface area contributed by atoms with Crippen LogP contribution in [0.25, 0.3) is 0 Å². The summed E-state index contributed by atoms with van der Waals surface area (Å²) in [6.45, 7) is 6.20. The summed E-state index contributed by atoms with van der Waals surface area (Å²) < 4.78 is 0. The standard InChI is InChI=1S/C14H21N3O/c1-10-5-7-17(9-11(10)2)14(18)12-4-6-16-13(8-12)15-3/h4,6,8,10-11H,5,7,9H2,1-3H3,(H,15,16). The molecule has 0 radical (unpaired) electrons. The molecule has 2 rings (SSSR count).